The van der Waals surface area contributed by atoms with Crippen LogP contribution in [0.1, 0.15) is 13.8 Å². The van der Waals surface area contributed by atoms with E-state index in [1.807, 2.05) is 0 Å². The predicted molar refractivity (Wildman–Crippen MR) is 52.6 cm³/mol. The van der Waals surface area contributed by atoms with Gasteiger partial charge in [0.25, 0.3) is 0 Å². The molecule has 80 valence electrons. The molecule has 2 unspecified atom stereocenters. The van der Waals surface area contributed by atoms with Crippen molar-refractivity contribution in [2.24, 2.45) is 0 Å². The van der Waals surface area contributed by atoms with Crippen molar-refractivity contribution in [3.63, 3.8) is 0 Å². The molecule has 0 amide bonds. The van der Waals surface area contributed by atoms with Crippen LogP contribution >= 0.6 is 14.7 Å². The van der Waals surface area contributed by atoms with Crippen LogP contribution in [0.3, 0.4) is 0 Å². The van der Waals surface area contributed by atoms with Crippen LogP contribution in [0.4, 0.5) is 0 Å². The van der Waals surface area contributed by atoms with E-state index < -0.39 is 14.7 Å². The Hall–Kier alpha value is 1.09. The second-order valence-corrected chi connectivity index (χ2v) is 8.20. The summed E-state index contributed by atoms with van der Waals surface area (Å²) in [5.74, 6) is 0. The zero-order valence-corrected chi connectivity index (χ0v) is 11.9. The quantitative estimate of drug-likeness (QED) is 0.589. The van der Waals surface area contributed by atoms with Crippen molar-refractivity contribution < 1.29 is 40.6 Å². The van der Waals surface area contributed by atoms with Gasteiger partial charge in [0, 0.05) is 47.4 Å². The Morgan fingerprint density at radius 1 is 0.923 bits per heavy atom. The Labute approximate surface area is 94.9 Å². The van der Waals surface area contributed by atoms with Gasteiger partial charge in [-0.2, -0.15) is 0 Å². The molecule has 0 spiro atoms. The second kappa shape index (κ2) is 8.41. The van der Waals surface area contributed by atoms with Crippen molar-refractivity contribution in [1.29, 1.82) is 0 Å². The molecule has 0 saturated heterocycles. The van der Waals surface area contributed by atoms with Crippen LogP contribution in [0.5, 0.6) is 0 Å². The van der Waals surface area contributed by atoms with Gasteiger partial charge < -0.3 is 9.79 Å². The molecule has 0 aromatic heterocycles. The SMILES string of the molecule is CCP(C)(=O)O.CCP(C)(=O)O.[Ti]. The van der Waals surface area contributed by atoms with Gasteiger partial charge in [0.1, 0.15) is 0 Å². The Kier molecular flexibility index (Phi) is 12.7. The summed E-state index contributed by atoms with van der Waals surface area (Å²) in [7, 11) is -5.29. The largest absolute Gasteiger partial charge is 0.344 e. The fourth-order valence-corrected chi connectivity index (χ4v) is 0. The van der Waals surface area contributed by atoms with E-state index in [2.05, 4.69) is 0 Å². The maximum Gasteiger partial charge on any atom is 0.197 e. The standard InChI is InChI=1S/2C3H9O2P.Ti/c2*1-3-6(2,4)5;/h2*3H2,1-2H3,(H,4,5);. The van der Waals surface area contributed by atoms with Gasteiger partial charge in [-0.15, -0.1) is 0 Å². The van der Waals surface area contributed by atoms with Crippen molar-refractivity contribution in [2.75, 3.05) is 25.7 Å². The topological polar surface area (TPSA) is 74.6 Å². The summed E-state index contributed by atoms with van der Waals surface area (Å²) in [6.07, 6.45) is 0.764. The summed E-state index contributed by atoms with van der Waals surface area (Å²) in [6, 6.07) is 0. The molecule has 0 rings (SSSR count). The monoisotopic (exact) mass is 264 g/mol. The fraction of sp³-hybridized carbons (Fsp3) is 1.00. The molecule has 0 saturated carbocycles. The van der Waals surface area contributed by atoms with E-state index in [9.17, 15) is 9.13 Å². The maximum atomic E-state index is 10.1. The minimum absolute atomic E-state index is 0. The second-order valence-electron chi connectivity index (χ2n) is 2.73. The molecule has 0 aliphatic heterocycles. The number of hydrogen-bond acceptors (Lipinski definition) is 2. The minimum atomic E-state index is -2.65. The molecule has 0 radical (unpaired) electrons. The average molecular weight is 264 g/mol. The van der Waals surface area contributed by atoms with Gasteiger partial charge in [-0.3, -0.25) is 9.13 Å². The summed E-state index contributed by atoms with van der Waals surface area (Å²) in [6.45, 7) is 6.10. The molecule has 0 heterocycles. The fourth-order valence-electron chi connectivity index (χ4n) is 0. The molecule has 7 heteroatoms. The first-order valence-electron chi connectivity index (χ1n) is 3.71. The molecule has 13 heavy (non-hydrogen) atoms. The molecule has 0 aromatic carbocycles. The van der Waals surface area contributed by atoms with Crippen molar-refractivity contribution >= 4 is 14.7 Å². The number of rotatable bonds is 2. The third-order valence-electron chi connectivity index (χ3n) is 1.17. The molecule has 2 N–H and O–H groups in total. The summed E-state index contributed by atoms with van der Waals surface area (Å²) in [5.41, 5.74) is 0. The van der Waals surface area contributed by atoms with Gasteiger partial charge in [-0.25, -0.2) is 0 Å². The maximum absolute atomic E-state index is 10.1. The van der Waals surface area contributed by atoms with E-state index in [0.717, 1.165) is 0 Å². The normalized spacial score (nSPS) is 18.3. The molecule has 0 aromatic rings. The number of hydrogen-bond donors (Lipinski definition) is 2. The zero-order chi connectivity index (χ0) is 10.4. The summed E-state index contributed by atoms with van der Waals surface area (Å²) in [5, 5.41) is 0. The van der Waals surface area contributed by atoms with Crippen molar-refractivity contribution in [3.05, 3.63) is 0 Å². The smallest absolute Gasteiger partial charge is 0.197 e. The molecule has 4 nitrogen and oxygen atoms in total. The first-order valence-corrected chi connectivity index (χ1v) is 8.29. The third-order valence-corrected chi connectivity index (χ3v) is 3.52. The van der Waals surface area contributed by atoms with Gasteiger partial charge in [0.15, 0.2) is 14.7 Å². The average Bonchev–Trinajstić information content (AvgIpc) is 1.86. The first-order chi connectivity index (χ1) is 5.12. The molecular formula is C6H18O4P2Ti. The van der Waals surface area contributed by atoms with Crippen molar-refractivity contribution in [1.82, 2.24) is 0 Å². The van der Waals surface area contributed by atoms with Crippen LogP contribution in [0.25, 0.3) is 0 Å². The zero-order valence-electron chi connectivity index (χ0n) is 8.52. The molecule has 0 fully saturated rings. The van der Waals surface area contributed by atoms with Crippen LogP contribution < -0.4 is 0 Å². The van der Waals surface area contributed by atoms with Gasteiger partial charge >= 0.3 is 0 Å². The van der Waals surface area contributed by atoms with Crippen LogP contribution in [-0.2, 0) is 30.8 Å². The van der Waals surface area contributed by atoms with Crippen LogP contribution in [0, 0.1) is 0 Å². The minimum Gasteiger partial charge on any atom is -0.344 e. The van der Waals surface area contributed by atoms with E-state index in [0.29, 0.717) is 12.3 Å². The summed E-state index contributed by atoms with van der Waals surface area (Å²) >= 11 is 0. The first kappa shape index (κ1) is 19.6. The predicted octanol–water partition coefficient (Wildman–Crippen LogP) is 1.81. The van der Waals surface area contributed by atoms with E-state index >= 15 is 0 Å². The van der Waals surface area contributed by atoms with Crippen molar-refractivity contribution in [3.8, 4) is 0 Å². The van der Waals surface area contributed by atoms with E-state index in [4.69, 9.17) is 9.79 Å². The van der Waals surface area contributed by atoms with Gasteiger partial charge in [0.05, 0.1) is 0 Å². The Morgan fingerprint density at radius 3 is 1.00 bits per heavy atom. The van der Waals surface area contributed by atoms with E-state index in [1.54, 1.807) is 13.8 Å². The molecule has 0 aliphatic rings. The van der Waals surface area contributed by atoms with Crippen LogP contribution in [-0.4, -0.2) is 35.4 Å². The van der Waals surface area contributed by atoms with Crippen LogP contribution in [0.2, 0.25) is 0 Å². The Morgan fingerprint density at radius 2 is 1.00 bits per heavy atom. The van der Waals surface area contributed by atoms with Crippen molar-refractivity contribution in [2.45, 2.75) is 13.8 Å². The van der Waals surface area contributed by atoms with Crippen LogP contribution in [0.15, 0.2) is 0 Å². The Balaban J connectivity index is -0.000000143. The van der Waals surface area contributed by atoms with Gasteiger partial charge in [-0.1, -0.05) is 13.8 Å². The summed E-state index contributed by atoms with van der Waals surface area (Å²) < 4.78 is 20.3. The van der Waals surface area contributed by atoms with Gasteiger partial charge in [-0.05, 0) is 0 Å². The summed E-state index contributed by atoms with van der Waals surface area (Å²) in [4.78, 5) is 16.8. The third kappa shape index (κ3) is 32.0. The van der Waals surface area contributed by atoms with E-state index in [-0.39, 0.29) is 21.7 Å². The molecule has 0 aliphatic carbocycles. The molecular weight excluding hydrogens is 246 g/mol. The Bertz CT molecular complexity index is 173. The molecule has 0 bridgehead atoms. The molecule has 2 atom stereocenters. The van der Waals surface area contributed by atoms with Gasteiger partial charge in [0.2, 0.25) is 0 Å². The van der Waals surface area contributed by atoms with E-state index in [1.165, 1.54) is 13.3 Å².